The van der Waals surface area contributed by atoms with Crippen molar-refractivity contribution >= 4 is 11.9 Å². The first-order chi connectivity index (χ1) is 30.5. The number of hydrogen-bond acceptors (Lipinski definition) is 5. The van der Waals surface area contributed by atoms with E-state index in [9.17, 15) is 19.8 Å². The molecular formula is C56H101NO5. The molecule has 0 saturated heterocycles. The van der Waals surface area contributed by atoms with Gasteiger partial charge >= 0.3 is 5.97 Å². The molecule has 3 unspecified atom stereocenters. The SMILES string of the molecule is CCCCC/C=C\C/C=C\C/C=C\C/C=C\CC(CC(=O)NC(CO)C(O)CCCCCCCCCCCCCCCCC)OC(=O)CCCCC/C=C\CCCCCCCC. The van der Waals surface area contributed by atoms with Crippen LogP contribution in [0.3, 0.4) is 0 Å². The largest absolute Gasteiger partial charge is 0.461 e. The fourth-order valence-electron chi connectivity index (χ4n) is 7.76. The first-order valence-corrected chi connectivity index (χ1v) is 26.5. The van der Waals surface area contributed by atoms with Gasteiger partial charge in [0.2, 0.25) is 5.91 Å². The van der Waals surface area contributed by atoms with Gasteiger partial charge in [-0.15, -0.1) is 0 Å². The molecule has 6 heteroatoms. The molecule has 0 saturated carbocycles. The van der Waals surface area contributed by atoms with Crippen LogP contribution in [-0.2, 0) is 14.3 Å². The second kappa shape index (κ2) is 49.6. The van der Waals surface area contributed by atoms with E-state index in [2.05, 4.69) is 80.8 Å². The monoisotopic (exact) mass is 868 g/mol. The summed E-state index contributed by atoms with van der Waals surface area (Å²) < 4.78 is 5.86. The average molecular weight is 868 g/mol. The van der Waals surface area contributed by atoms with Gasteiger partial charge in [0.1, 0.15) is 6.10 Å². The summed E-state index contributed by atoms with van der Waals surface area (Å²) in [6, 6.07) is -0.734. The second-order valence-corrected chi connectivity index (χ2v) is 17.9. The highest BCUT2D eigenvalue weighted by atomic mass is 16.5. The lowest BCUT2D eigenvalue weighted by Crippen LogP contribution is -2.46. The summed E-state index contributed by atoms with van der Waals surface area (Å²) in [6.07, 6.45) is 61.5. The summed E-state index contributed by atoms with van der Waals surface area (Å²) in [5, 5.41) is 23.8. The van der Waals surface area contributed by atoms with Crippen molar-refractivity contribution in [3.63, 3.8) is 0 Å². The number of allylic oxidation sites excluding steroid dienone is 9. The molecule has 0 aliphatic rings. The maximum Gasteiger partial charge on any atom is 0.306 e. The predicted molar refractivity (Wildman–Crippen MR) is 268 cm³/mol. The molecular weight excluding hydrogens is 767 g/mol. The van der Waals surface area contributed by atoms with Gasteiger partial charge in [-0.25, -0.2) is 0 Å². The minimum Gasteiger partial charge on any atom is -0.461 e. The van der Waals surface area contributed by atoms with Crippen LogP contribution < -0.4 is 5.32 Å². The zero-order chi connectivity index (χ0) is 45.2. The Morgan fingerprint density at radius 3 is 1.34 bits per heavy atom. The molecule has 0 aromatic rings. The highest BCUT2D eigenvalue weighted by Crippen LogP contribution is 2.16. The van der Waals surface area contributed by atoms with E-state index in [1.54, 1.807) is 0 Å². The Hall–Kier alpha value is -2.44. The molecule has 0 radical (unpaired) electrons. The van der Waals surface area contributed by atoms with Gasteiger partial charge in [0.25, 0.3) is 0 Å². The fraction of sp³-hybridized carbons (Fsp3) is 0.786. The number of hydrogen-bond donors (Lipinski definition) is 3. The van der Waals surface area contributed by atoms with E-state index in [-0.39, 0.29) is 24.9 Å². The van der Waals surface area contributed by atoms with Crippen molar-refractivity contribution < 1.29 is 24.5 Å². The first-order valence-electron chi connectivity index (χ1n) is 26.5. The topological polar surface area (TPSA) is 95.9 Å². The zero-order valence-electron chi connectivity index (χ0n) is 41.0. The molecule has 0 aliphatic heterocycles. The van der Waals surface area contributed by atoms with Crippen molar-refractivity contribution in [2.75, 3.05) is 6.61 Å². The predicted octanol–water partition coefficient (Wildman–Crippen LogP) is 16.0. The lowest BCUT2D eigenvalue weighted by atomic mass is 10.0. The quantitative estimate of drug-likeness (QED) is 0.0322. The maximum atomic E-state index is 13.2. The van der Waals surface area contributed by atoms with Crippen molar-refractivity contribution in [3.8, 4) is 0 Å². The van der Waals surface area contributed by atoms with Crippen LogP contribution in [0.15, 0.2) is 60.8 Å². The van der Waals surface area contributed by atoms with Crippen LogP contribution in [0.4, 0.5) is 0 Å². The number of nitrogens with one attached hydrogen (secondary N) is 1. The molecule has 0 bridgehead atoms. The number of unbranched alkanes of at least 4 members (excludes halogenated alkanes) is 26. The van der Waals surface area contributed by atoms with Crippen molar-refractivity contribution in [3.05, 3.63) is 60.8 Å². The molecule has 0 spiro atoms. The van der Waals surface area contributed by atoms with E-state index < -0.39 is 18.2 Å². The number of ether oxygens (including phenoxy) is 1. The number of esters is 1. The van der Waals surface area contributed by atoms with Gasteiger partial charge in [0.15, 0.2) is 0 Å². The Balaban J connectivity index is 4.70. The molecule has 1 amide bonds. The van der Waals surface area contributed by atoms with Crippen molar-refractivity contribution in [1.29, 1.82) is 0 Å². The molecule has 62 heavy (non-hydrogen) atoms. The number of carbonyl (C=O) groups excluding carboxylic acids is 2. The van der Waals surface area contributed by atoms with Gasteiger partial charge in [-0.3, -0.25) is 9.59 Å². The first kappa shape index (κ1) is 59.6. The van der Waals surface area contributed by atoms with Crippen LogP contribution in [0.5, 0.6) is 0 Å². The van der Waals surface area contributed by atoms with E-state index in [0.717, 1.165) is 70.6 Å². The molecule has 0 fully saturated rings. The van der Waals surface area contributed by atoms with Crippen LogP contribution >= 0.6 is 0 Å². The Morgan fingerprint density at radius 1 is 0.484 bits per heavy atom. The summed E-state index contributed by atoms with van der Waals surface area (Å²) in [6.45, 7) is 6.42. The van der Waals surface area contributed by atoms with E-state index in [0.29, 0.717) is 19.3 Å². The highest BCUT2D eigenvalue weighted by Gasteiger charge is 2.23. The molecule has 0 aliphatic carbocycles. The molecule has 360 valence electrons. The van der Waals surface area contributed by atoms with E-state index >= 15 is 0 Å². The van der Waals surface area contributed by atoms with Gasteiger partial charge in [-0.1, -0.05) is 229 Å². The van der Waals surface area contributed by atoms with Crippen molar-refractivity contribution in [2.24, 2.45) is 0 Å². The number of carbonyl (C=O) groups is 2. The van der Waals surface area contributed by atoms with E-state index in [1.165, 1.54) is 141 Å². The normalized spacial score (nSPS) is 13.7. The summed E-state index contributed by atoms with van der Waals surface area (Å²) in [7, 11) is 0. The molecule has 0 aromatic carbocycles. The molecule has 0 aromatic heterocycles. The second-order valence-electron chi connectivity index (χ2n) is 17.9. The maximum absolute atomic E-state index is 13.2. The molecule has 3 atom stereocenters. The summed E-state index contributed by atoms with van der Waals surface area (Å²) in [5.41, 5.74) is 0. The summed E-state index contributed by atoms with van der Waals surface area (Å²) >= 11 is 0. The van der Waals surface area contributed by atoms with Gasteiger partial charge in [-0.2, -0.15) is 0 Å². The Morgan fingerprint density at radius 2 is 0.855 bits per heavy atom. The van der Waals surface area contributed by atoms with E-state index in [4.69, 9.17) is 4.74 Å². The van der Waals surface area contributed by atoms with Crippen LogP contribution in [0.2, 0.25) is 0 Å². The van der Waals surface area contributed by atoms with E-state index in [1.807, 2.05) is 6.08 Å². The summed E-state index contributed by atoms with van der Waals surface area (Å²) in [4.78, 5) is 26.1. The third kappa shape index (κ3) is 44.2. The Kier molecular flexibility index (Phi) is 47.6. The van der Waals surface area contributed by atoms with Crippen molar-refractivity contribution in [1.82, 2.24) is 5.32 Å². The zero-order valence-corrected chi connectivity index (χ0v) is 41.0. The molecule has 6 nitrogen and oxygen atoms in total. The summed E-state index contributed by atoms with van der Waals surface area (Å²) in [5.74, 6) is -0.592. The average Bonchev–Trinajstić information content (AvgIpc) is 3.26. The lowest BCUT2D eigenvalue weighted by Gasteiger charge is -2.24. The standard InChI is InChI=1S/C56H101NO5/c1-4-7-10-13-16-19-22-25-27-30-32-35-38-41-44-47-52(62-56(61)49-46-43-40-37-34-29-24-21-18-15-12-9-6-3)50-55(60)57-53(51-58)54(59)48-45-42-39-36-33-31-28-26-23-20-17-14-11-8-5-2/h16,19,25,27,29,32,34-35,41,44,52-54,58-59H,4-15,17-18,20-24,26,28,30-31,33,36-40,42-43,45-51H2,1-3H3,(H,57,60)/b19-16-,27-25-,34-29-,35-32-,44-41-. The number of aliphatic hydroxyl groups excluding tert-OH is 2. The number of aliphatic hydroxyl groups is 2. The molecule has 3 N–H and O–H groups in total. The van der Waals surface area contributed by atoms with Gasteiger partial charge < -0.3 is 20.3 Å². The Bertz CT molecular complexity index is 1110. The van der Waals surface area contributed by atoms with Gasteiger partial charge in [0.05, 0.1) is 25.2 Å². The minimum absolute atomic E-state index is 0.00462. The van der Waals surface area contributed by atoms with Gasteiger partial charge in [-0.05, 0) is 70.6 Å². The van der Waals surface area contributed by atoms with Crippen LogP contribution in [-0.4, -0.2) is 46.9 Å². The molecule has 0 rings (SSSR count). The number of amides is 1. The highest BCUT2D eigenvalue weighted by molar-refractivity contribution is 5.77. The minimum atomic E-state index is -0.814. The van der Waals surface area contributed by atoms with Crippen LogP contribution in [0, 0.1) is 0 Å². The lowest BCUT2D eigenvalue weighted by molar-refractivity contribution is -0.150. The third-order valence-electron chi connectivity index (χ3n) is 11.8. The van der Waals surface area contributed by atoms with Crippen LogP contribution in [0.25, 0.3) is 0 Å². The van der Waals surface area contributed by atoms with Crippen LogP contribution in [0.1, 0.15) is 258 Å². The smallest absolute Gasteiger partial charge is 0.306 e. The van der Waals surface area contributed by atoms with Gasteiger partial charge in [0, 0.05) is 12.8 Å². The third-order valence-corrected chi connectivity index (χ3v) is 11.8. The van der Waals surface area contributed by atoms with Crippen molar-refractivity contribution in [2.45, 2.75) is 277 Å². The fourth-order valence-corrected chi connectivity index (χ4v) is 7.76. The number of rotatable bonds is 47. The Labute approximate surface area is 384 Å². The molecule has 0 heterocycles.